The minimum atomic E-state index is 1.04. The molecule has 0 atom stereocenters. The molecule has 0 radical (unpaired) electrons. The van der Waals surface area contributed by atoms with Crippen molar-refractivity contribution in [3.8, 4) is 0 Å². The highest BCUT2D eigenvalue weighted by Crippen LogP contribution is 2.23. The van der Waals surface area contributed by atoms with Crippen LogP contribution in [-0.4, -0.2) is 4.98 Å². The molecule has 0 aliphatic rings. The number of benzene rings is 1. The summed E-state index contributed by atoms with van der Waals surface area (Å²) in [6.45, 7) is 2.05. The molecule has 0 bridgehead atoms. The van der Waals surface area contributed by atoms with Crippen LogP contribution in [0.4, 0.5) is 0 Å². The van der Waals surface area contributed by atoms with E-state index in [0.29, 0.717) is 0 Å². The van der Waals surface area contributed by atoms with Crippen LogP contribution in [0.2, 0.25) is 0 Å². The predicted molar refractivity (Wildman–Crippen MR) is 85.9 cm³/mol. The minimum absolute atomic E-state index is 1.04. The number of fused-ring (bicyclic) bond motifs is 1. The van der Waals surface area contributed by atoms with Crippen molar-refractivity contribution in [2.45, 2.75) is 19.8 Å². The lowest BCUT2D eigenvalue weighted by atomic mass is 10.0. The number of thiophene rings is 1. The van der Waals surface area contributed by atoms with Gasteiger partial charge in [-0.25, -0.2) is 0 Å². The maximum Gasteiger partial charge on any atom is 0.0737 e. The van der Waals surface area contributed by atoms with Gasteiger partial charge in [-0.15, -0.1) is 11.3 Å². The second-order valence-corrected chi connectivity index (χ2v) is 6.58. The Balaban J connectivity index is 1.90. The van der Waals surface area contributed by atoms with E-state index in [1.54, 1.807) is 0 Å². The maximum atomic E-state index is 4.69. The van der Waals surface area contributed by atoms with E-state index in [0.717, 1.165) is 24.1 Å². The lowest BCUT2D eigenvalue weighted by molar-refractivity contribution is 0.984. The first kappa shape index (κ1) is 12.8. The topological polar surface area (TPSA) is 12.9 Å². The van der Waals surface area contributed by atoms with Crippen LogP contribution in [0.25, 0.3) is 10.9 Å². The molecule has 0 saturated carbocycles. The number of hydrogen-bond donors (Lipinski definition) is 0. The Kier molecular flexibility index (Phi) is 3.67. The third kappa shape index (κ3) is 2.88. The molecule has 3 heteroatoms. The molecule has 0 amide bonds. The van der Waals surface area contributed by atoms with Crippen molar-refractivity contribution in [1.29, 1.82) is 0 Å². The first-order valence-corrected chi connectivity index (χ1v) is 7.98. The van der Waals surface area contributed by atoms with Crippen LogP contribution in [0.3, 0.4) is 0 Å². The number of nitrogens with zero attached hydrogens (tertiary/aromatic N) is 1. The lowest BCUT2D eigenvalue weighted by Gasteiger charge is -2.06. The summed E-state index contributed by atoms with van der Waals surface area (Å²) in [6.07, 6.45) is 2.12. The zero-order valence-electron chi connectivity index (χ0n) is 10.7. The zero-order valence-corrected chi connectivity index (χ0v) is 13.1. The van der Waals surface area contributed by atoms with Crippen LogP contribution in [0.15, 0.2) is 46.3 Å². The van der Waals surface area contributed by atoms with E-state index >= 15 is 0 Å². The summed E-state index contributed by atoms with van der Waals surface area (Å²) in [5, 5.41) is 3.37. The van der Waals surface area contributed by atoms with Crippen molar-refractivity contribution < 1.29 is 0 Å². The van der Waals surface area contributed by atoms with E-state index in [2.05, 4.69) is 62.7 Å². The number of aryl methyl sites for hydroxylation is 3. The fourth-order valence-electron chi connectivity index (χ4n) is 2.25. The van der Waals surface area contributed by atoms with Gasteiger partial charge in [-0.05, 0) is 53.4 Å². The SMILES string of the molecule is Cc1ccc2cccc(CCc3cc(Br)cs3)c2n1. The normalized spacial score (nSPS) is 11.1. The molecule has 0 N–H and O–H groups in total. The van der Waals surface area contributed by atoms with Gasteiger partial charge in [-0.3, -0.25) is 4.98 Å². The van der Waals surface area contributed by atoms with Gasteiger partial charge in [-0.1, -0.05) is 24.3 Å². The lowest BCUT2D eigenvalue weighted by Crippen LogP contribution is -1.93. The molecule has 0 unspecified atom stereocenters. The van der Waals surface area contributed by atoms with Gasteiger partial charge in [0.05, 0.1) is 5.52 Å². The fraction of sp³-hybridized carbons (Fsp3) is 0.188. The molecular weight excluding hydrogens is 318 g/mol. The monoisotopic (exact) mass is 331 g/mol. The smallest absolute Gasteiger partial charge is 0.0737 e. The standard InChI is InChI=1S/C16H14BrNS/c1-11-5-6-12-3-2-4-13(16(12)18-11)7-8-15-9-14(17)10-19-15/h2-6,9-10H,7-8H2,1H3. The van der Waals surface area contributed by atoms with Crippen molar-refractivity contribution in [3.05, 3.63) is 62.4 Å². The summed E-state index contributed by atoms with van der Waals surface area (Å²) in [5.41, 5.74) is 3.57. The van der Waals surface area contributed by atoms with Crippen LogP contribution < -0.4 is 0 Å². The van der Waals surface area contributed by atoms with Gasteiger partial charge in [0.1, 0.15) is 0 Å². The summed E-state index contributed by atoms with van der Waals surface area (Å²) < 4.78 is 1.18. The Hall–Kier alpha value is -1.19. The van der Waals surface area contributed by atoms with E-state index in [4.69, 9.17) is 0 Å². The molecular formula is C16H14BrNS. The van der Waals surface area contributed by atoms with E-state index in [1.807, 2.05) is 18.3 Å². The molecule has 3 aromatic rings. The highest BCUT2D eigenvalue weighted by molar-refractivity contribution is 9.10. The number of halogens is 1. The van der Waals surface area contributed by atoms with Gasteiger partial charge in [0.15, 0.2) is 0 Å². The number of para-hydroxylation sites is 1. The van der Waals surface area contributed by atoms with E-state index in [-0.39, 0.29) is 0 Å². The molecule has 1 aromatic carbocycles. The van der Waals surface area contributed by atoms with Crippen LogP contribution in [0.1, 0.15) is 16.1 Å². The summed E-state index contributed by atoms with van der Waals surface area (Å²) in [6, 6.07) is 12.9. The number of pyridine rings is 1. The van der Waals surface area contributed by atoms with Crippen molar-refractivity contribution in [2.75, 3.05) is 0 Å². The second-order valence-electron chi connectivity index (χ2n) is 4.67. The van der Waals surface area contributed by atoms with Crippen molar-refractivity contribution in [2.24, 2.45) is 0 Å². The number of hydrogen-bond acceptors (Lipinski definition) is 2. The molecule has 2 heterocycles. The largest absolute Gasteiger partial charge is 0.253 e. The Bertz CT molecular complexity index is 718. The number of rotatable bonds is 3. The molecule has 3 rings (SSSR count). The van der Waals surface area contributed by atoms with Crippen LogP contribution >= 0.6 is 27.3 Å². The van der Waals surface area contributed by atoms with E-state index in [1.165, 1.54) is 20.3 Å². The highest BCUT2D eigenvalue weighted by atomic mass is 79.9. The van der Waals surface area contributed by atoms with Gasteiger partial charge in [-0.2, -0.15) is 0 Å². The van der Waals surface area contributed by atoms with Gasteiger partial charge in [0.2, 0.25) is 0 Å². The third-order valence-electron chi connectivity index (χ3n) is 3.21. The Morgan fingerprint density at radius 3 is 2.84 bits per heavy atom. The first-order valence-electron chi connectivity index (χ1n) is 6.30. The Morgan fingerprint density at radius 1 is 1.16 bits per heavy atom. The van der Waals surface area contributed by atoms with Crippen molar-refractivity contribution >= 4 is 38.2 Å². The average molecular weight is 332 g/mol. The van der Waals surface area contributed by atoms with Gasteiger partial charge < -0.3 is 0 Å². The average Bonchev–Trinajstić information content (AvgIpc) is 2.82. The summed E-state index contributed by atoms with van der Waals surface area (Å²) in [4.78, 5) is 6.10. The first-order chi connectivity index (χ1) is 9.22. The van der Waals surface area contributed by atoms with Crippen molar-refractivity contribution in [1.82, 2.24) is 4.98 Å². The Labute approximate surface area is 125 Å². The maximum absolute atomic E-state index is 4.69. The highest BCUT2D eigenvalue weighted by Gasteiger charge is 2.04. The van der Waals surface area contributed by atoms with Gasteiger partial charge in [0, 0.05) is 25.8 Å². The molecule has 1 nitrogen and oxygen atoms in total. The molecule has 96 valence electrons. The van der Waals surface area contributed by atoms with E-state index < -0.39 is 0 Å². The minimum Gasteiger partial charge on any atom is -0.253 e. The van der Waals surface area contributed by atoms with Crippen LogP contribution in [-0.2, 0) is 12.8 Å². The molecule has 0 saturated heterocycles. The zero-order chi connectivity index (χ0) is 13.2. The summed E-state index contributed by atoms with van der Waals surface area (Å²) >= 11 is 5.32. The van der Waals surface area contributed by atoms with Gasteiger partial charge in [0.25, 0.3) is 0 Å². The third-order valence-corrected chi connectivity index (χ3v) is 4.96. The van der Waals surface area contributed by atoms with Crippen LogP contribution in [0, 0.1) is 6.92 Å². The Morgan fingerprint density at radius 2 is 2.05 bits per heavy atom. The molecule has 2 aromatic heterocycles. The van der Waals surface area contributed by atoms with Crippen LogP contribution in [0.5, 0.6) is 0 Å². The second kappa shape index (κ2) is 5.43. The summed E-state index contributed by atoms with van der Waals surface area (Å²) in [7, 11) is 0. The fourth-order valence-corrected chi connectivity index (χ4v) is 3.71. The quantitative estimate of drug-likeness (QED) is 0.646. The molecule has 0 aliphatic carbocycles. The molecule has 0 fully saturated rings. The molecule has 0 spiro atoms. The molecule has 0 aliphatic heterocycles. The summed E-state index contributed by atoms with van der Waals surface area (Å²) in [5.74, 6) is 0. The van der Waals surface area contributed by atoms with E-state index in [9.17, 15) is 0 Å². The van der Waals surface area contributed by atoms with Gasteiger partial charge >= 0.3 is 0 Å². The predicted octanol–water partition coefficient (Wildman–Crippen LogP) is 5.15. The van der Waals surface area contributed by atoms with Crippen molar-refractivity contribution in [3.63, 3.8) is 0 Å². The molecule has 19 heavy (non-hydrogen) atoms. The number of aromatic nitrogens is 1.